The highest BCUT2D eigenvalue weighted by Crippen LogP contribution is 2.37. The molecule has 7 heteroatoms. The fraction of sp³-hybridized carbons (Fsp3) is 0.143. The van der Waals surface area contributed by atoms with Crippen LogP contribution in [0, 0.1) is 10.1 Å². The summed E-state index contributed by atoms with van der Waals surface area (Å²) in [5.74, 6) is 0.831. The van der Waals surface area contributed by atoms with E-state index >= 15 is 0 Å². The lowest BCUT2D eigenvalue weighted by Crippen LogP contribution is -1.96. The summed E-state index contributed by atoms with van der Waals surface area (Å²) in [6.45, 7) is -0.130. The van der Waals surface area contributed by atoms with E-state index in [1.807, 2.05) is 0 Å². The van der Waals surface area contributed by atoms with Gasteiger partial charge in [-0.2, -0.15) is 0 Å². The Hall–Kier alpha value is -2.12. The quantitative estimate of drug-likeness (QED) is 0.655. The van der Waals surface area contributed by atoms with Crippen molar-refractivity contribution in [1.82, 2.24) is 0 Å². The molecule has 2 rings (SSSR count). The molecule has 2 aromatic carbocycles. The van der Waals surface area contributed by atoms with Crippen LogP contribution in [0.5, 0.6) is 17.2 Å². The van der Waals surface area contributed by atoms with Gasteiger partial charge in [-0.05, 0) is 29.8 Å². The highest BCUT2D eigenvalue weighted by molar-refractivity contribution is 9.10. The van der Waals surface area contributed by atoms with Crippen LogP contribution < -0.4 is 9.47 Å². The molecule has 0 saturated heterocycles. The summed E-state index contributed by atoms with van der Waals surface area (Å²) >= 11 is 3.18. The first-order chi connectivity index (χ1) is 10.0. The number of hydrogen-bond acceptors (Lipinski definition) is 5. The van der Waals surface area contributed by atoms with Gasteiger partial charge < -0.3 is 14.6 Å². The average molecular weight is 354 g/mol. The number of aliphatic hydroxyl groups is 1. The SMILES string of the molecule is COc1cc(CO)ccc1Oc1ccc(Br)cc1[N+](=O)[O-]. The van der Waals surface area contributed by atoms with Crippen molar-refractivity contribution in [2.75, 3.05) is 7.11 Å². The van der Waals surface area contributed by atoms with E-state index < -0.39 is 4.92 Å². The first kappa shape index (κ1) is 15.3. The number of ether oxygens (including phenoxy) is 2. The van der Waals surface area contributed by atoms with Gasteiger partial charge >= 0.3 is 5.69 Å². The van der Waals surface area contributed by atoms with Crippen molar-refractivity contribution in [2.45, 2.75) is 6.61 Å². The standard InChI is InChI=1S/C14H12BrNO5/c1-20-14-6-9(8-17)2-4-13(14)21-12-5-3-10(15)7-11(12)16(18)19/h2-7,17H,8H2,1H3. The average Bonchev–Trinajstić information content (AvgIpc) is 2.49. The third-order valence-corrected chi connectivity index (χ3v) is 3.24. The molecule has 1 N–H and O–H groups in total. The lowest BCUT2D eigenvalue weighted by atomic mass is 10.2. The molecule has 2 aromatic rings. The fourth-order valence-electron chi connectivity index (χ4n) is 1.73. The predicted molar refractivity (Wildman–Crippen MR) is 79.8 cm³/mol. The van der Waals surface area contributed by atoms with Crippen LogP contribution in [0.25, 0.3) is 0 Å². The van der Waals surface area contributed by atoms with Crippen LogP contribution in [-0.2, 0) is 6.61 Å². The van der Waals surface area contributed by atoms with Crippen molar-refractivity contribution in [3.63, 3.8) is 0 Å². The molecule has 0 aromatic heterocycles. The Morgan fingerprint density at radius 3 is 2.52 bits per heavy atom. The second-order valence-corrected chi connectivity index (χ2v) is 5.03. The molecule has 0 fully saturated rings. The van der Waals surface area contributed by atoms with Crippen molar-refractivity contribution in [1.29, 1.82) is 0 Å². The molecule has 0 radical (unpaired) electrons. The van der Waals surface area contributed by atoms with Crippen LogP contribution in [0.1, 0.15) is 5.56 Å². The molecule has 0 aliphatic heterocycles. The molecule has 6 nitrogen and oxygen atoms in total. The van der Waals surface area contributed by atoms with Crippen LogP contribution in [0.2, 0.25) is 0 Å². The topological polar surface area (TPSA) is 81.8 Å². The minimum Gasteiger partial charge on any atom is -0.493 e. The van der Waals surface area contributed by atoms with Gasteiger partial charge in [0.05, 0.1) is 18.6 Å². The molecule has 0 amide bonds. The largest absolute Gasteiger partial charge is 0.493 e. The Morgan fingerprint density at radius 1 is 1.19 bits per heavy atom. The molecule has 0 unspecified atom stereocenters. The monoisotopic (exact) mass is 353 g/mol. The molecule has 0 saturated carbocycles. The molecular formula is C14H12BrNO5. The van der Waals surface area contributed by atoms with Crippen molar-refractivity contribution < 1.29 is 19.5 Å². The number of benzene rings is 2. The number of rotatable bonds is 5. The number of hydrogen-bond donors (Lipinski definition) is 1. The van der Waals surface area contributed by atoms with Crippen molar-refractivity contribution >= 4 is 21.6 Å². The Bertz CT molecular complexity index is 674. The van der Waals surface area contributed by atoms with Crippen molar-refractivity contribution in [3.8, 4) is 17.2 Å². The van der Waals surface area contributed by atoms with Crippen molar-refractivity contribution in [3.05, 3.63) is 56.5 Å². The molecule has 21 heavy (non-hydrogen) atoms. The molecule has 0 bridgehead atoms. The van der Waals surface area contributed by atoms with Gasteiger partial charge in [0.15, 0.2) is 11.5 Å². The van der Waals surface area contributed by atoms with Gasteiger partial charge in [0.1, 0.15) is 0 Å². The van der Waals surface area contributed by atoms with E-state index in [-0.39, 0.29) is 18.0 Å². The fourth-order valence-corrected chi connectivity index (χ4v) is 2.08. The highest BCUT2D eigenvalue weighted by atomic mass is 79.9. The maximum Gasteiger partial charge on any atom is 0.312 e. The van der Waals surface area contributed by atoms with Gasteiger partial charge in [-0.1, -0.05) is 22.0 Å². The van der Waals surface area contributed by atoms with Gasteiger partial charge in [0.2, 0.25) is 5.75 Å². The lowest BCUT2D eigenvalue weighted by molar-refractivity contribution is -0.385. The van der Waals surface area contributed by atoms with E-state index in [0.717, 1.165) is 0 Å². The highest BCUT2D eigenvalue weighted by Gasteiger charge is 2.18. The summed E-state index contributed by atoms with van der Waals surface area (Å²) in [6, 6.07) is 9.38. The Kier molecular flexibility index (Phi) is 4.77. The Balaban J connectivity index is 2.40. The molecule has 0 heterocycles. The summed E-state index contributed by atoms with van der Waals surface area (Å²) < 4.78 is 11.3. The third-order valence-electron chi connectivity index (χ3n) is 2.75. The van der Waals surface area contributed by atoms with Crippen LogP contribution >= 0.6 is 15.9 Å². The van der Waals surface area contributed by atoms with Crippen LogP contribution in [0.4, 0.5) is 5.69 Å². The minimum atomic E-state index is -0.519. The predicted octanol–water partition coefficient (Wildman–Crippen LogP) is 3.65. The molecule has 0 spiro atoms. The third kappa shape index (κ3) is 3.50. The summed E-state index contributed by atoms with van der Waals surface area (Å²) in [7, 11) is 1.46. The first-order valence-corrected chi connectivity index (χ1v) is 6.74. The summed E-state index contributed by atoms with van der Waals surface area (Å²) in [5, 5.41) is 20.2. The van der Waals surface area contributed by atoms with Crippen LogP contribution in [-0.4, -0.2) is 17.1 Å². The molecule has 110 valence electrons. The number of methoxy groups -OCH3 is 1. The second kappa shape index (κ2) is 6.55. The molecular weight excluding hydrogens is 342 g/mol. The van der Waals surface area contributed by atoms with E-state index in [4.69, 9.17) is 14.6 Å². The minimum absolute atomic E-state index is 0.109. The zero-order valence-electron chi connectivity index (χ0n) is 11.1. The van der Waals surface area contributed by atoms with Crippen LogP contribution in [0.3, 0.4) is 0 Å². The Labute approximate surface area is 129 Å². The first-order valence-electron chi connectivity index (χ1n) is 5.94. The van der Waals surface area contributed by atoms with Gasteiger partial charge in [0, 0.05) is 10.5 Å². The van der Waals surface area contributed by atoms with Crippen molar-refractivity contribution in [2.24, 2.45) is 0 Å². The van der Waals surface area contributed by atoms with Crippen LogP contribution in [0.15, 0.2) is 40.9 Å². The van der Waals surface area contributed by atoms with E-state index in [1.54, 1.807) is 24.3 Å². The van der Waals surface area contributed by atoms with E-state index in [1.165, 1.54) is 19.2 Å². The molecule has 0 aliphatic rings. The molecule has 0 aliphatic carbocycles. The Morgan fingerprint density at radius 2 is 1.90 bits per heavy atom. The number of aliphatic hydroxyl groups excluding tert-OH is 1. The zero-order valence-corrected chi connectivity index (χ0v) is 12.7. The number of nitro groups is 1. The van der Waals surface area contributed by atoms with Gasteiger partial charge in [0.25, 0.3) is 0 Å². The number of nitro benzene ring substituents is 1. The maximum atomic E-state index is 11.1. The van der Waals surface area contributed by atoms with Gasteiger partial charge in [-0.25, -0.2) is 0 Å². The number of nitrogens with zero attached hydrogens (tertiary/aromatic N) is 1. The van der Waals surface area contributed by atoms with E-state index in [9.17, 15) is 10.1 Å². The van der Waals surface area contributed by atoms with E-state index in [2.05, 4.69) is 15.9 Å². The van der Waals surface area contributed by atoms with Gasteiger partial charge in [-0.15, -0.1) is 0 Å². The normalized spacial score (nSPS) is 10.2. The number of halogens is 1. The van der Waals surface area contributed by atoms with E-state index in [0.29, 0.717) is 21.5 Å². The molecule has 0 atom stereocenters. The summed E-state index contributed by atoms with van der Waals surface area (Å²) in [5.41, 5.74) is 0.502. The maximum absolute atomic E-state index is 11.1. The smallest absolute Gasteiger partial charge is 0.312 e. The lowest BCUT2D eigenvalue weighted by Gasteiger charge is -2.11. The summed E-state index contributed by atoms with van der Waals surface area (Å²) in [4.78, 5) is 10.5. The zero-order chi connectivity index (χ0) is 15.4. The second-order valence-electron chi connectivity index (χ2n) is 4.11. The summed E-state index contributed by atoms with van der Waals surface area (Å²) in [6.07, 6.45) is 0. The van der Waals surface area contributed by atoms with Gasteiger partial charge in [-0.3, -0.25) is 10.1 Å².